The number of carbonyl (C=O) groups is 3. The number of nitrogens with zero attached hydrogens (tertiary/aromatic N) is 1. The van der Waals surface area contributed by atoms with Crippen LogP contribution >= 0.6 is 0 Å². The van der Waals surface area contributed by atoms with E-state index in [0.717, 1.165) is 6.42 Å². The second kappa shape index (κ2) is 11.5. The van der Waals surface area contributed by atoms with Crippen molar-refractivity contribution < 1.29 is 29.0 Å². The number of amides is 3. The average Bonchev–Trinajstić information content (AvgIpc) is 3.42. The number of aliphatic hydroxyl groups is 1. The summed E-state index contributed by atoms with van der Waals surface area (Å²) in [5, 5.41) is 16.7. The summed E-state index contributed by atoms with van der Waals surface area (Å²) in [6, 6.07) is 5.62. The number of benzene rings is 1. The Bertz CT molecular complexity index is 1180. The zero-order valence-electron chi connectivity index (χ0n) is 26.9. The van der Waals surface area contributed by atoms with Gasteiger partial charge in [0.05, 0.1) is 36.7 Å². The van der Waals surface area contributed by atoms with Crippen molar-refractivity contribution >= 4 is 23.4 Å². The van der Waals surface area contributed by atoms with Crippen molar-refractivity contribution in [3.8, 4) is 5.75 Å². The molecule has 42 heavy (non-hydrogen) atoms. The molecule has 9 heteroatoms. The minimum atomic E-state index is -1.15. The number of aliphatic hydroxyl groups excluding tert-OH is 1. The Morgan fingerprint density at radius 3 is 2.31 bits per heavy atom. The molecule has 3 fully saturated rings. The van der Waals surface area contributed by atoms with Gasteiger partial charge in [0, 0.05) is 11.2 Å². The molecule has 3 saturated heterocycles. The Hall–Kier alpha value is -2.65. The summed E-state index contributed by atoms with van der Waals surface area (Å²) in [6.07, 6.45) is 2.29. The number of anilines is 1. The summed E-state index contributed by atoms with van der Waals surface area (Å²) in [6.45, 7) is 18.5. The van der Waals surface area contributed by atoms with Gasteiger partial charge < -0.3 is 30.1 Å². The SMILES string of the molecule is CCOc1ccc(NC(=O)[C@H]2[C@H]3C(=O)N([C@@H](CO)CC(C)C)C(C(=O)NC(C)(C)CC(C)(C)C)C34CC[C@]2(C)O4)cc1. The monoisotopic (exact) mass is 585 g/mol. The molecule has 3 aliphatic rings. The molecule has 1 spiro atoms. The lowest BCUT2D eigenvalue weighted by Crippen LogP contribution is -2.61. The van der Waals surface area contributed by atoms with Crippen LogP contribution in [0.15, 0.2) is 24.3 Å². The molecule has 9 nitrogen and oxygen atoms in total. The fourth-order valence-electron chi connectivity index (χ4n) is 8.07. The maximum Gasteiger partial charge on any atom is 0.246 e. The zero-order valence-corrected chi connectivity index (χ0v) is 26.9. The summed E-state index contributed by atoms with van der Waals surface area (Å²) in [4.78, 5) is 44.3. The van der Waals surface area contributed by atoms with Crippen molar-refractivity contribution in [2.75, 3.05) is 18.5 Å². The molecule has 2 unspecified atom stereocenters. The first-order valence-corrected chi connectivity index (χ1v) is 15.5. The van der Waals surface area contributed by atoms with E-state index in [1.165, 1.54) is 0 Å². The Morgan fingerprint density at radius 2 is 1.76 bits per heavy atom. The van der Waals surface area contributed by atoms with Crippen molar-refractivity contribution in [2.24, 2.45) is 23.2 Å². The molecule has 0 aliphatic carbocycles. The normalized spacial score (nSPS) is 29.5. The first-order valence-electron chi connectivity index (χ1n) is 15.5. The Labute approximate surface area is 251 Å². The maximum atomic E-state index is 14.4. The molecule has 4 rings (SSSR count). The van der Waals surface area contributed by atoms with E-state index in [4.69, 9.17) is 9.47 Å². The van der Waals surface area contributed by atoms with Crippen LogP contribution in [-0.2, 0) is 19.1 Å². The van der Waals surface area contributed by atoms with E-state index in [-0.39, 0.29) is 35.7 Å². The van der Waals surface area contributed by atoms with E-state index in [2.05, 4.69) is 31.4 Å². The maximum absolute atomic E-state index is 14.4. The number of hydrogen-bond donors (Lipinski definition) is 3. The van der Waals surface area contributed by atoms with Gasteiger partial charge in [-0.15, -0.1) is 0 Å². The summed E-state index contributed by atoms with van der Waals surface area (Å²) < 4.78 is 12.3. The van der Waals surface area contributed by atoms with Gasteiger partial charge >= 0.3 is 0 Å². The molecule has 0 saturated carbocycles. The van der Waals surface area contributed by atoms with Gasteiger partial charge in [-0.1, -0.05) is 34.6 Å². The molecule has 0 radical (unpaired) electrons. The molecule has 2 bridgehead atoms. The quantitative estimate of drug-likeness (QED) is 0.352. The second-order valence-corrected chi connectivity index (χ2v) is 15.0. The highest BCUT2D eigenvalue weighted by molar-refractivity contribution is 6.02. The molecule has 234 valence electrons. The highest BCUT2D eigenvalue weighted by atomic mass is 16.5. The van der Waals surface area contributed by atoms with Gasteiger partial charge in [-0.2, -0.15) is 0 Å². The van der Waals surface area contributed by atoms with Gasteiger partial charge in [-0.25, -0.2) is 0 Å². The summed E-state index contributed by atoms with van der Waals surface area (Å²) in [7, 11) is 0. The number of ether oxygens (including phenoxy) is 2. The fraction of sp³-hybridized carbons (Fsp3) is 0.727. The van der Waals surface area contributed by atoms with Crippen molar-refractivity contribution in [3.63, 3.8) is 0 Å². The van der Waals surface area contributed by atoms with Crippen LogP contribution in [0.2, 0.25) is 0 Å². The first-order chi connectivity index (χ1) is 19.5. The minimum Gasteiger partial charge on any atom is -0.494 e. The molecule has 1 aromatic rings. The van der Waals surface area contributed by atoms with E-state index in [1.807, 2.05) is 41.5 Å². The highest BCUT2D eigenvalue weighted by Crippen LogP contribution is 2.63. The topological polar surface area (TPSA) is 117 Å². The van der Waals surface area contributed by atoms with Gasteiger partial charge in [-0.05, 0) is 89.0 Å². The zero-order chi connectivity index (χ0) is 31.3. The van der Waals surface area contributed by atoms with Gasteiger partial charge in [-0.3, -0.25) is 14.4 Å². The van der Waals surface area contributed by atoms with E-state index >= 15 is 0 Å². The van der Waals surface area contributed by atoms with Crippen LogP contribution in [-0.4, -0.2) is 69.8 Å². The first kappa shape index (κ1) is 32.3. The third-order valence-electron chi connectivity index (χ3n) is 8.96. The number of hydrogen-bond acceptors (Lipinski definition) is 6. The Kier molecular flexibility index (Phi) is 8.80. The molecule has 3 amide bonds. The summed E-state index contributed by atoms with van der Waals surface area (Å²) in [5.74, 6) is -1.62. The lowest BCUT2D eigenvalue weighted by atomic mass is 9.66. The minimum absolute atomic E-state index is 0.0338. The van der Waals surface area contributed by atoms with Gasteiger partial charge in [0.15, 0.2) is 0 Å². The third kappa shape index (κ3) is 6.05. The smallest absolute Gasteiger partial charge is 0.246 e. The summed E-state index contributed by atoms with van der Waals surface area (Å²) in [5.41, 5.74) is -2.03. The Morgan fingerprint density at radius 1 is 1.12 bits per heavy atom. The van der Waals surface area contributed by atoms with Crippen LogP contribution in [0.4, 0.5) is 5.69 Å². The van der Waals surface area contributed by atoms with Crippen LogP contribution in [0.1, 0.15) is 88.0 Å². The molecule has 3 N–H and O–H groups in total. The molecule has 1 aromatic carbocycles. The van der Waals surface area contributed by atoms with Crippen LogP contribution in [0, 0.1) is 23.2 Å². The van der Waals surface area contributed by atoms with Gasteiger partial charge in [0.1, 0.15) is 17.4 Å². The highest BCUT2D eigenvalue weighted by Gasteiger charge is 2.78. The second-order valence-electron chi connectivity index (χ2n) is 15.0. The van der Waals surface area contributed by atoms with Gasteiger partial charge in [0.2, 0.25) is 17.7 Å². The predicted octanol–water partition coefficient (Wildman–Crippen LogP) is 4.53. The fourth-order valence-corrected chi connectivity index (χ4v) is 8.07. The van der Waals surface area contributed by atoms with Crippen LogP contribution in [0.3, 0.4) is 0 Å². The van der Waals surface area contributed by atoms with E-state index in [0.29, 0.717) is 37.3 Å². The van der Waals surface area contributed by atoms with Gasteiger partial charge in [0.25, 0.3) is 0 Å². The number of carbonyl (C=O) groups excluding carboxylic acids is 3. The van der Waals surface area contributed by atoms with E-state index < -0.39 is 40.7 Å². The number of fused-ring (bicyclic) bond motifs is 1. The molecule has 6 atom stereocenters. The van der Waals surface area contributed by atoms with Crippen molar-refractivity contribution in [3.05, 3.63) is 24.3 Å². The van der Waals surface area contributed by atoms with Crippen LogP contribution in [0.25, 0.3) is 0 Å². The van der Waals surface area contributed by atoms with Crippen molar-refractivity contribution in [1.82, 2.24) is 10.2 Å². The van der Waals surface area contributed by atoms with E-state index in [1.54, 1.807) is 29.2 Å². The third-order valence-corrected chi connectivity index (χ3v) is 8.96. The van der Waals surface area contributed by atoms with Crippen molar-refractivity contribution in [1.29, 1.82) is 0 Å². The lowest BCUT2D eigenvalue weighted by Gasteiger charge is -2.40. The van der Waals surface area contributed by atoms with Crippen LogP contribution < -0.4 is 15.4 Å². The molecular weight excluding hydrogens is 534 g/mol. The summed E-state index contributed by atoms with van der Waals surface area (Å²) >= 11 is 0. The van der Waals surface area contributed by atoms with Crippen molar-refractivity contribution in [2.45, 2.75) is 117 Å². The lowest BCUT2D eigenvalue weighted by molar-refractivity contribution is -0.150. The number of likely N-dealkylation sites (tertiary alicyclic amines) is 1. The Balaban J connectivity index is 1.71. The van der Waals surface area contributed by atoms with Crippen LogP contribution in [0.5, 0.6) is 5.75 Å². The average molecular weight is 586 g/mol. The predicted molar refractivity (Wildman–Crippen MR) is 162 cm³/mol. The molecule has 3 aliphatic heterocycles. The van der Waals surface area contributed by atoms with E-state index in [9.17, 15) is 19.5 Å². The largest absolute Gasteiger partial charge is 0.494 e. The number of nitrogens with one attached hydrogen (secondary N) is 2. The molecule has 0 aromatic heterocycles. The molecular formula is C33H51N3O6. The molecule has 3 heterocycles. The number of rotatable bonds is 11. The standard InChI is InChI=1S/C33H51N3O6/c1-10-41-23-13-11-21(12-14-23)34-27(38)24-25-29(40)36(22(18-37)17-20(2)3)26(33(25)16-15-32(24,9)42-33)28(39)35-31(7,8)19-30(4,5)6/h11-14,20,22,24-26,37H,10,15-19H2,1-9H3,(H,34,38)(H,35,39)/t22-,24-,25+,26?,32+,33?/m1/s1.